The first kappa shape index (κ1) is 9.44. The van der Waals surface area contributed by atoms with Crippen LogP contribution in [0.5, 0.6) is 0 Å². The third-order valence-corrected chi connectivity index (χ3v) is 2.99. The van der Waals surface area contributed by atoms with Crippen LogP contribution in [0.15, 0.2) is 12.4 Å². The summed E-state index contributed by atoms with van der Waals surface area (Å²) in [5, 5.41) is 3.35. The highest BCUT2D eigenvalue weighted by molar-refractivity contribution is 5.26. The normalized spacial score (nSPS) is 18.7. The van der Waals surface area contributed by atoms with Crippen LogP contribution >= 0.6 is 0 Å². The van der Waals surface area contributed by atoms with Gasteiger partial charge in [0.2, 0.25) is 5.95 Å². The van der Waals surface area contributed by atoms with Crippen molar-refractivity contribution in [3.8, 4) is 0 Å². The monoisotopic (exact) mass is 191 g/mol. The zero-order chi connectivity index (χ0) is 9.97. The van der Waals surface area contributed by atoms with Crippen molar-refractivity contribution in [2.24, 2.45) is 5.92 Å². The van der Waals surface area contributed by atoms with Gasteiger partial charge in [0.15, 0.2) is 0 Å². The number of hydrogen-bond acceptors (Lipinski definition) is 3. The van der Waals surface area contributed by atoms with E-state index in [0.29, 0.717) is 6.04 Å². The molecule has 1 aromatic heterocycles. The van der Waals surface area contributed by atoms with Crippen molar-refractivity contribution in [2.45, 2.75) is 39.2 Å². The van der Waals surface area contributed by atoms with Gasteiger partial charge in [-0.1, -0.05) is 6.42 Å². The Kier molecular flexibility index (Phi) is 2.66. The van der Waals surface area contributed by atoms with Gasteiger partial charge in [0, 0.05) is 18.4 Å². The van der Waals surface area contributed by atoms with Gasteiger partial charge < -0.3 is 5.32 Å². The summed E-state index contributed by atoms with van der Waals surface area (Å²) in [7, 11) is 0. The number of aryl methyl sites for hydroxylation is 1. The number of nitrogens with zero attached hydrogens (tertiary/aromatic N) is 2. The summed E-state index contributed by atoms with van der Waals surface area (Å²) in [6.07, 6.45) is 7.77. The predicted molar refractivity (Wildman–Crippen MR) is 57.2 cm³/mol. The fraction of sp³-hybridized carbons (Fsp3) is 0.636. The van der Waals surface area contributed by atoms with Crippen molar-refractivity contribution in [3.63, 3.8) is 0 Å². The van der Waals surface area contributed by atoms with E-state index >= 15 is 0 Å². The molecule has 1 aromatic rings. The number of anilines is 1. The second kappa shape index (κ2) is 3.95. The number of nitrogens with one attached hydrogen (secondary N) is 1. The van der Waals surface area contributed by atoms with E-state index < -0.39 is 0 Å². The standard InChI is InChI=1S/C11H17N3/c1-8-6-12-11(13-7-8)14-9(2)10-4-3-5-10/h6-7,9-10H,3-5H2,1-2H3,(H,12,13,14). The van der Waals surface area contributed by atoms with Crippen LogP contribution in [0.3, 0.4) is 0 Å². The van der Waals surface area contributed by atoms with Crippen molar-refractivity contribution in [2.75, 3.05) is 5.32 Å². The van der Waals surface area contributed by atoms with Crippen LogP contribution < -0.4 is 5.32 Å². The highest BCUT2D eigenvalue weighted by atomic mass is 15.1. The zero-order valence-electron chi connectivity index (χ0n) is 8.83. The molecule has 0 aromatic carbocycles. The van der Waals surface area contributed by atoms with Crippen LogP contribution in [0.1, 0.15) is 31.7 Å². The lowest BCUT2D eigenvalue weighted by molar-refractivity contribution is 0.284. The van der Waals surface area contributed by atoms with Gasteiger partial charge in [0.05, 0.1) is 0 Å². The maximum absolute atomic E-state index is 4.24. The summed E-state index contributed by atoms with van der Waals surface area (Å²) < 4.78 is 0. The number of aromatic nitrogens is 2. The average molecular weight is 191 g/mol. The highest BCUT2D eigenvalue weighted by Crippen LogP contribution is 2.30. The summed E-state index contributed by atoms with van der Waals surface area (Å²) in [6, 6.07) is 0.506. The van der Waals surface area contributed by atoms with Crippen LogP contribution in [0.2, 0.25) is 0 Å². The average Bonchev–Trinajstić information content (AvgIpc) is 2.06. The Morgan fingerprint density at radius 1 is 1.36 bits per heavy atom. The van der Waals surface area contributed by atoms with Gasteiger partial charge in [0.25, 0.3) is 0 Å². The van der Waals surface area contributed by atoms with Crippen LogP contribution in [0.25, 0.3) is 0 Å². The topological polar surface area (TPSA) is 37.8 Å². The van der Waals surface area contributed by atoms with Crippen molar-refractivity contribution < 1.29 is 0 Å². The zero-order valence-corrected chi connectivity index (χ0v) is 8.83. The van der Waals surface area contributed by atoms with Gasteiger partial charge in [-0.2, -0.15) is 0 Å². The molecule has 1 N–H and O–H groups in total. The minimum Gasteiger partial charge on any atom is -0.351 e. The Bertz CT molecular complexity index is 290. The molecule has 3 nitrogen and oxygen atoms in total. The second-order valence-electron chi connectivity index (χ2n) is 4.21. The number of hydrogen-bond donors (Lipinski definition) is 1. The molecule has 1 fully saturated rings. The summed E-state index contributed by atoms with van der Waals surface area (Å²) in [6.45, 7) is 4.21. The molecule has 76 valence electrons. The van der Waals surface area contributed by atoms with Crippen molar-refractivity contribution in [3.05, 3.63) is 18.0 Å². The lowest BCUT2D eigenvalue weighted by atomic mass is 9.80. The quantitative estimate of drug-likeness (QED) is 0.797. The van der Waals surface area contributed by atoms with E-state index in [2.05, 4.69) is 22.2 Å². The molecule has 1 aliphatic carbocycles. The predicted octanol–water partition coefficient (Wildman–Crippen LogP) is 2.39. The molecule has 3 heteroatoms. The molecule has 1 saturated carbocycles. The Morgan fingerprint density at radius 2 is 2.00 bits per heavy atom. The minimum atomic E-state index is 0.506. The van der Waals surface area contributed by atoms with E-state index in [0.717, 1.165) is 17.4 Å². The first-order valence-corrected chi connectivity index (χ1v) is 5.31. The largest absolute Gasteiger partial charge is 0.351 e. The molecule has 1 heterocycles. The molecule has 1 aliphatic rings. The molecular weight excluding hydrogens is 174 g/mol. The first-order chi connectivity index (χ1) is 6.75. The molecule has 0 aliphatic heterocycles. The van der Waals surface area contributed by atoms with Gasteiger partial charge >= 0.3 is 0 Å². The van der Waals surface area contributed by atoms with E-state index in [1.807, 2.05) is 19.3 Å². The maximum atomic E-state index is 4.24. The van der Waals surface area contributed by atoms with E-state index in [1.54, 1.807) is 0 Å². The summed E-state index contributed by atoms with van der Waals surface area (Å²) in [4.78, 5) is 8.47. The van der Waals surface area contributed by atoms with E-state index in [9.17, 15) is 0 Å². The molecule has 0 spiro atoms. The summed E-state index contributed by atoms with van der Waals surface area (Å²) in [5.74, 6) is 1.58. The Balaban J connectivity index is 1.92. The van der Waals surface area contributed by atoms with E-state index in [1.165, 1.54) is 19.3 Å². The SMILES string of the molecule is Cc1cnc(NC(C)C2CCC2)nc1. The summed E-state index contributed by atoms with van der Waals surface area (Å²) in [5.41, 5.74) is 1.10. The van der Waals surface area contributed by atoms with Crippen LogP contribution in [-0.2, 0) is 0 Å². The molecule has 14 heavy (non-hydrogen) atoms. The second-order valence-corrected chi connectivity index (χ2v) is 4.21. The van der Waals surface area contributed by atoms with Crippen molar-refractivity contribution >= 4 is 5.95 Å². The first-order valence-electron chi connectivity index (χ1n) is 5.31. The molecule has 2 rings (SSSR count). The molecule has 1 unspecified atom stereocenters. The van der Waals surface area contributed by atoms with Crippen LogP contribution in [-0.4, -0.2) is 16.0 Å². The molecule has 1 atom stereocenters. The van der Waals surface area contributed by atoms with E-state index in [-0.39, 0.29) is 0 Å². The Morgan fingerprint density at radius 3 is 2.50 bits per heavy atom. The fourth-order valence-electron chi connectivity index (χ4n) is 1.73. The molecule has 0 radical (unpaired) electrons. The van der Waals surface area contributed by atoms with Gasteiger partial charge in [0.1, 0.15) is 0 Å². The highest BCUT2D eigenvalue weighted by Gasteiger charge is 2.23. The van der Waals surface area contributed by atoms with Gasteiger partial charge in [-0.15, -0.1) is 0 Å². The third-order valence-electron chi connectivity index (χ3n) is 2.99. The number of rotatable bonds is 3. The fourth-order valence-corrected chi connectivity index (χ4v) is 1.73. The maximum Gasteiger partial charge on any atom is 0.222 e. The van der Waals surface area contributed by atoms with Crippen molar-refractivity contribution in [1.29, 1.82) is 0 Å². The Hall–Kier alpha value is -1.12. The lowest BCUT2D eigenvalue weighted by Crippen LogP contribution is -2.31. The van der Waals surface area contributed by atoms with E-state index in [4.69, 9.17) is 0 Å². The molecule has 0 bridgehead atoms. The van der Waals surface area contributed by atoms with Gasteiger partial charge in [-0.25, -0.2) is 9.97 Å². The van der Waals surface area contributed by atoms with Crippen LogP contribution in [0.4, 0.5) is 5.95 Å². The lowest BCUT2D eigenvalue weighted by Gasteiger charge is -2.31. The molecule has 0 saturated heterocycles. The Labute approximate surface area is 85.0 Å². The molecular formula is C11H17N3. The van der Waals surface area contributed by atoms with Gasteiger partial charge in [-0.3, -0.25) is 0 Å². The molecule has 0 amide bonds. The minimum absolute atomic E-state index is 0.506. The van der Waals surface area contributed by atoms with Crippen LogP contribution in [0, 0.1) is 12.8 Å². The van der Waals surface area contributed by atoms with Gasteiger partial charge in [-0.05, 0) is 38.2 Å². The third kappa shape index (κ3) is 2.03. The smallest absolute Gasteiger partial charge is 0.222 e. The summed E-state index contributed by atoms with van der Waals surface area (Å²) >= 11 is 0. The van der Waals surface area contributed by atoms with Crippen molar-refractivity contribution in [1.82, 2.24) is 9.97 Å².